The number of methoxy groups -OCH3 is 3. The van der Waals surface area contributed by atoms with Crippen molar-refractivity contribution >= 4 is 23.5 Å². The summed E-state index contributed by atoms with van der Waals surface area (Å²) in [6, 6.07) is 3.97. The molecule has 0 heterocycles. The van der Waals surface area contributed by atoms with E-state index in [1.54, 1.807) is 39.7 Å². The van der Waals surface area contributed by atoms with E-state index in [9.17, 15) is 0 Å². The molecule has 2 atom stereocenters. The fourth-order valence-corrected chi connectivity index (χ4v) is 3.25. The van der Waals surface area contributed by atoms with Gasteiger partial charge in [-0.3, -0.25) is 5.43 Å². The SMILES string of the molecule is COc1cc(OC)c(/C=N\NC(=S)N[C@H]2CCCC[C@H]2C)c(OC)c1. The van der Waals surface area contributed by atoms with Crippen LogP contribution in [-0.2, 0) is 0 Å². The van der Waals surface area contributed by atoms with Crippen molar-refractivity contribution in [3.8, 4) is 17.2 Å². The second-order valence-electron chi connectivity index (χ2n) is 6.16. The molecular formula is C18H27N3O3S. The van der Waals surface area contributed by atoms with Gasteiger partial charge in [-0.1, -0.05) is 19.8 Å². The van der Waals surface area contributed by atoms with E-state index in [-0.39, 0.29) is 0 Å². The van der Waals surface area contributed by atoms with Gasteiger partial charge in [-0.25, -0.2) is 0 Å². The highest BCUT2D eigenvalue weighted by atomic mass is 32.1. The zero-order valence-electron chi connectivity index (χ0n) is 15.3. The summed E-state index contributed by atoms with van der Waals surface area (Å²) in [5.74, 6) is 2.50. The molecule has 2 rings (SSSR count). The van der Waals surface area contributed by atoms with Crippen molar-refractivity contribution in [3.05, 3.63) is 17.7 Å². The zero-order valence-corrected chi connectivity index (χ0v) is 16.1. The molecule has 25 heavy (non-hydrogen) atoms. The number of hydrogen-bond donors (Lipinski definition) is 2. The number of nitrogens with one attached hydrogen (secondary N) is 2. The predicted molar refractivity (Wildman–Crippen MR) is 104 cm³/mol. The molecule has 0 saturated heterocycles. The summed E-state index contributed by atoms with van der Waals surface area (Å²) in [4.78, 5) is 0. The Bertz CT molecular complexity index is 597. The first-order chi connectivity index (χ1) is 12.1. The van der Waals surface area contributed by atoms with Gasteiger partial charge in [0, 0.05) is 18.2 Å². The molecule has 0 aliphatic heterocycles. The molecule has 0 unspecified atom stereocenters. The lowest BCUT2D eigenvalue weighted by atomic mass is 9.86. The Morgan fingerprint density at radius 2 is 1.76 bits per heavy atom. The summed E-state index contributed by atoms with van der Waals surface area (Å²) >= 11 is 5.35. The molecule has 1 aromatic rings. The molecule has 1 aromatic carbocycles. The van der Waals surface area contributed by atoms with Gasteiger partial charge < -0.3 is 19.5 Å². The van der Waals surface area contributed by atoms with Gasteiger partial charge in [-0.15, -0.1) is 0 Å². The van der Waals surface area contributed by atoms with Crippen LogP contribution in [0.4, 0.5) is 0 Å². The number of thiocarbonyl (C=S) groups is 1. The van der Waals surface area contributed by atoms with E-state index in [1.807, 2.05) is 0 Å². The summed E-state index contributed by atoms with van der Waals surface area (Å²) in [5.41, 5.74) is 3.59. The lowest BCUT2D eigenvalue weighted by Crippen LogP contribution is -2.44. The van der Waals surface area contributed by atoms with Crippen LogP contribution in [0.2, 0.25) is 0 Å². The van der Waals surface area contributed by atoms with Gasteiger partial charge in [-0.2, -0.15) is 5.10 Å². The molecule has 1 fully saturated rings. The first-order valence-corrected chi connectivity index (χ1v) is 8.89. The summed E-state index contributed by atoms with van der Waals surface area (Å²) in [6.45, 7) is 2.26. The summed E-state index contributed by atoms with van der Waals surface area (Å²) in [7, 11) is 4.78. The Morgan fingerprint density at radius 3 is 2.32 bits per heavy atom. The third kappa shape index (κ3) is 5.22. The fourth-order valence-electron chi connectivity index (χ4n) is 3.05. The summed E-state index contributed by atoms with van der Waals surface area (Å²) in [5, 5.41) is 8.11. The molecular weight excluding hydrogens is 338 g/mol. The number of rotatable bonds is 6. The average molecular weight is 365 g/mol. The topological polar surface area (TPSA) is 64.1 Å². The number of hydrogen-bond acceptors (Lipinski definition) is 5. The van der Waals surface area contributed by atoms with Crippen molar-refractivity contribution in [1.82, 2.24) is 10.7 Å². The normalized spacial score (nSPS) is 20.2. The van der Waals surface area contributed by atoms with Gasteiger partial charge in [0.05, 0.1) is 33.1 Å². The van der Waals surface area contributed by atoms with Crippen LogP contribution in [0.25, 0.3) is 0 Å². The van der Waals surface area contributed by atoms with E-state index >= 15 is 0 Å². The Balaban J connectivity index is 2.02. The highest BCUT2D eigenvalue weighted by molar-refractivity contribution is 7.80. The van der Waals surface area contributed by atoms with Gasteiger partial charge in [0.2, 0.25) is 0 Å². The molecule has 1 aliphatic rings. The lowest BCUT2D eigenvalue weighted by Gasteiger charge is -2.30. The van der Waals surface area contributed by atoms with Crippen LogP contribution in [0.5, 0.6) is 17.2 Å². The molecule has 1 aliphatic carbocycles. The molecule has 0 amide bonds. The van der Waals surface area contributed by atoms with E-state index in [0.29, 0.717) is 39.9 Å². The minimum atomic E-state index is 0.411. The number of ether oxygens (including phenoxy) is 3. The monoisotopic (exact) mass is 365 g/mol. The molecule has 0 spiro atoms. The second kappa shape index (κ2) is 9.46. The van der Waals surface area contributed by atoms with Crippen LogP contribution in [0.1, 0.15) is 38.2 Å². The maximum absolute atomic E-state index is 5.40. The molecule has 138 valence electrons. The standard InChI is InChI=1S/C18H27N3O3S/c1-12-7-5-6-8-15(12)20-18(25)21-19-11-14-16(23-3)9-13(22-2)10-17(14)24-4/h9-12,15H,5-8H2,1-4H3,(H2,20,21,25)/b19-11-/t12-,15+/m1/s1. The van der Waals surface area contributed by atoms with Gasteiger partial charge in [0.15, 0.2) is 5.11 Å². The van der Waals surface area contributed by atoms with Crippen molar-refractivity contribution in [2.45, 2.75) is 38.6 Å². The van der Waals surface area contributed by atoms with Crippen LogP contribution in [0.3, 0.4) is 0 Å². The number of hydrazone groups is 1. The van der Waals surface area contributed by atoms with Gasteiger partial charge in [0.25, 0.3) is 0 Å². The first kappa shape index (κ1) is 19.3. The van der Waals surface area contributed by atoms with E-state index in [4.69, 9.17) is 26.4 Å². The molecule has 0 radical (unpaired) electrons. The van der Waals surface area contributed by atoms with E-state index in [1.165, 1.54) is 19.3 Å². The van der Waals surface area contributed by atoms with Gasteiger partial charge >= 0.3 is 0 Å². The smallest absolute Gasteiger partial charge is 0.187 e. The molecule has 7 heteroatoms. The predicted octanol–water partition coefficient (Wildman–Crippen LogP) is 3.09. The van der Waals surface area contributed by atoms with Crippen LogP contribution >= 0.6 is 12.2 Å². The third-order valence-corrected chi connectivity index (χ3v) is 4.75. The van der Waals surface area contributed by atoms with Gasteiger partial charge in [-0.05, 0) is 31.0 Å². The van der Waals surface area contributed by atoms with E-state index < -0.39 is 0 Å². The van der Waals surface area contributed by atoms with Gasteiger partial charge in [0.1, 0.15) is 17.2 Å². The van der Waals surface area contributed by atoms with Crippen molar-refractivity contribution in [2.24, 2.45) is 11.0 Å². The Kier molecular flexibility index (Phi) is 7.31. The summed E-state index contributed by atoms with van der Waals surface area (Å²) < 4.78 is 16.0. The van der Waals surface area contributed by atoms with Crippen LogP contribution in [-0.4, -0.2) is 38.7 Å². The molecule has 6 nitrogen and oxygen atoms in total. The summed E-state index contributed by atoms with van der Waals surface area (Å²) in [6.07, 6.45) is 6.56. The molecule has 1 saturated carbocycles. The van der Waals surface area contributed by atoms with Crippen molar-refractivity contribution in [2.75, 3.05) is 21.3 Å². The highest BCUT2D eigenvalue weighted by Gasteiger charge is 2.21. The van der Waals surface area contributed by atoms with E-state index in [0.717, 1.165) is 6.42 Å². The quantitative estimate of drug-likeness (QED) is 0.459. The van der Waals surface area contributed by atoms with Crippen molar-refractivity contribution in [3.63, 3.8) is 0 Å². The average Bonchev–Trinajstić information content (AvgIpc) is 2.63. The van der Waals surface area contributed by atoms with E-state index in [2.05, 4.69) is 22.8 Å². The third-order valence-electron chi connectivity index (χ3n) is 4.54. The minimum absolute atomic E-state index is 0.411. The molecule has 2 N–H and O–H groups in total. The fraction of sp³-hybridized carbons (Fsp3) is 0.556. The van der Waals surface area contributed by atoms with Crippen molar-refractivity contribution in [1.29, 1.82) is 0 Å². The van der Waals surface area contributed by atoms with Crippen LogP contribution in [0.15, 0.2) is 17.2 Å². The Labute approximate surface area is 154 Å². The maximum atomic E-state index is 5.40. The zero-order chi connectivity index (χ0) is 18.2. The van der Waals surface area contributed by atoms with Crippen LogP contribution in [0, 0.1) is 5.92 Å². The van der Waals surface area contributed by atoms with Crippen molar-refractivity contribution < 1.29 is 14.2 Å². The minimum Gasteiger partial charge on any atom is -0.496 e. The molecule has 0 bridgehead atoms. The first-order valence-electron chi connectivity index (χ1n) is 8.48. The largest absolute Gasteiger partial charge is 0.496 e. The number of benzene rings is 1. The van der Waals surface area contributed by atoms with Crippen LogP contribution < -0.4 is 25.0 Å². The second-order valence-corrected chi connectivity index (χ2v) is 6.57. The highest BCUT2D eigenvalue weighted by Crippen LogP contribution is 2.32. The number of nitrogens with zero attached hydrogens (tertiary/aromatic N) is 1. The maximum Gasteiger partial charge on any atom is 0.187 e. The molecule has 0 aromatic heterocycles. The Morgan fingerprint density at radius 1 is 1.12 bits per heavy atom. The lowest BCUT2D eigenvalue weighted by molar-refractivity contribution is 0.308. The Hall–Kier alpha value is -2.02.